The van der Waals surface area contributed by atoms with Crippen molar-refractivity contribution < 1.29 is 24.5 Å². The van der Waals surface area contributed by atoms with Crippen LogP contribution in [0.25, 0.3) is 5.76 Å². The van der Waals surface area contributed by atoms with E-state index >= 15 is 0 Å². The van der Waals surface area contributed by atoms with Crippen LogP contribution in [-0.4, -0.2) is 37.8 Å². The second-order valence-electron chi connectivity index (χ2n) is 3.17. The molecule has 9 heteroatoms. The molecule has 0 aromatic heterocycles. The van der Waals surface area contributed by atoms with Crippen molar-refractivity contribution in [1.29, 1.82) is 0 Å². The molecule has 0 spiro atoms. The van der Waals surface area contributed by atoms with Gasteiger partial charge < -0.3 is 14.7 Å². The molecule has 8 nitrogen and oxygen atoms in total. The standard InChI is InChI=1S/C10H7N2O6Si/c13-9(7(10(14)15)5-11-18-19)6-3-1-2-4-8(6)12(16)17/h1-5,13H,(H,14,15). The number of para-hydroxylation sites is 1. The van der Waals surface area contributed by atoms with E-state index in [1.807, 2.05) is 0 Å². The Morgan fingerprint density at radius 2 is 2.05 bits per heavy atom. The van der Waals surface area contributed by atoms with Gasteiger partial charge >= 0.3 is 16.5 Å². The zero-order valence-electron chi connectivity index (χ0n) is 9.31. The molecule has 0 aliphatic heterocycles. The summed E-state index contributed by atoms with van der Waals surface area (Å²) in [5.41, 5.74) is -1.30. The molecule has 19 heavy (non-hydrogen) atoms. The molecule has 0 unspecified atom stereocenters. The van der Waals surface area contributed by atoms with Gasteiger partial charge in [0, 0.05) is 6.07 Å². The van der Waals surface area contributed by atoms with Crippen LogP contribution in [0.15, 0.2) is 35.0 Å². The Morgan fingerprint density at radius 3 is 2.58 bits per heavy atom. The zero-order chi connectivity index (χ0) is 14.4. The molecular weight excluding hydrogens is 272 g/mol. The Labute approximate surface area is 110 Å². The molecule has 0 fully saturated rings. The molecule has 2 N–H and O–H groups in total. The number of aliphatic carboxylic acids is 1. The third-order valence-corrected chi connectivity index (χ3v) is 2.18. The van der Waals surface area contributed by atoms with Crippen LogP contribution < -0.4 is 0 Å². The lowest BCUT2D eigenvalue weighted by Gasteiger charge is -2.04. The molecule has 0 atom stereocenters. The maximum atomic E-state index is 11.0. The normalized spacial score (nSPS) is 12.1. The van der Waals surface area contributed by atoms with E-state index in [1.54, 1.807) is 0 Å². The van der Waals surface area contributed by atoms with E-state index in [2.05, 4.69) is 20.2 Å². The maximum absolute atomic E-state index is 11.0. The summed E-state index contributed by atoms with van der Waals surface area (Å²) < 4.78 is 4.12. The number of aliphatic hydroxyl groups excluding tert-OH is 1. The van der Waals surface area contributed by atoms with Gasteiger partial charge in [-0.25, -0.2) is 4.79 Å². The zero-order valence-corrected chi connectivity index (χ0v) is 10.3. The van der Waals surface area contributed by atoms with Crippen molar-refractivity contribution in [3.05, 3.63) is 45.5 Å². The predicted molar refractivity (Wildman–Crippen MR) is 65.6 cm³/mol. The van der Waals surface area contributed by atoms with E-state index in [4.69, 9.17) is 5.11 Å². The number of oxime groups is 1. The van der Waals surface area contributed by atoms with Crippen LogP contribution in [0.4, 0.5) is 5.69 Å². The highest BCUT2D eigenvalue weighted by molar-refractivity contribution is 6.14. The molecule has 1 aromatic rings. The van der Waals surface area contributed by atoms with E-state index in [0.29, 0.717) is 6.21 Å². The molecule has 0 saturated heterocycles. The average Bonchev–Trinajstić information content (AvgIpc) is 2.38. The molecule has 0 heterocycles. The number of hydrogen-bond donors (Lipinski definition) is 2. The summed E-state index contributed by atoms with van der Waals surface area (Å²) in [4.78, 5) is 21.0. The Balaban J connectivity index is 3.44. The molecule has 1 rings (SSSR count). The van der Waals surface area contributed by atoms with E-state index in [9.17, 15) is 20.0 Å². The van der Waals surface area contributed by atoms with Crippen LogP contribution in [0.1, 0.15) is 5.56 Å². The molecule has 0 aliphatic rings. The minimum absolute atomic E-state index is 0.231. The number of rotatable bonds is 5. The van der Waals surface area contributed by atoms with Gasteiger partial charge in [-0.3, -0.25) is 10.1 Å². The molecule has 0 aliphatic carbocycles. The highest BCUT2D eigenvalue weighted by Gasteiger charge is 2.21. The van der Waals surface area contributed by atoms with Gasteiger partial charge in [0.05, 0.1) is 16.7 Å². The Kier molecular flexibility index (Phi) is 4.77. The molecule has 0 saturated carbocycles. The van der Waals surface area contributed by atoms with Crippen LogP contribution in [-0.2, 0) is 9.32 Å². The van der Waals surface area contributed by atoms with Crippen molar-refractivity contribution in [2.24, 2.45) is 5.16 Å². The molecule has 0 bridgehead atoms. The van der Waals surface area contributed by atoms with E-state index < -0.39 is 27.9 Å². The Hall–Kier alpha value is -2.68. The summed E-state index contributed by atoms with van der Waals surface area (Å²) >= 11 is 0. The van der Waals surface area contributed by atoms with E-state index in [-0.39, 0.29) is 5.56 Å². The van der Waals surface area contributed by atoms with Crippen molar-refractivity contribution in [3.63, 3.8) is 0 Å². The van der Waals surface area contributed by atoms with Crippen molar-refractivity contribution in [3.8, 4) is 0 Å². The number of nitro groups is 1. The smallest absolute Gasteiger partial charge is 0.387 e. The summed E-state index contributed by atoms with van der Waals surface area (Å²) in [5.74, 6) is -2.30. The van der Waals surface area contributed by atoms with Gasteiger partial charge in [0.1, 0.15) is 11.3 Å². The molecular formula is C10H7N2O6Si. The maximum Gasteiger partial charge on any atom is 0.387 e. The van der Waals surface area contributed by atoms with Crippen LogP contribution in [0.2, 0.25) is 0 Å². The first-order chi connectivity index (χ1) is 8.99. The van der Waals surface area contributed by atoms with Gasteiger partial charge in [-0.05, 0) is 6.07 Å². The molecule has 97 valence electrons. The number of carbonyl (C=O) groups is 1. The lowest BCUT2D eigenvalue weighted by atomic mass is 10.1. The topological polar surface area (TPSA) is 122 Å². The summed E-state index contributed by atoms with van der Waals surface area (Å²) in [5, 5.41) is 32.7. The monoisotopic (exact) mass is 279 g/mol. The number of carboxylic acid groups (broad SMARTS) is 1. The number of nitro benzene ring substituents is 1. The quantitative estimate of drug-likeness (QED) is 0.207. The summed E-state index contributed by atoms with van der Waals surface area (Å²) in [6.07, 6.45) is 0.710. The summed E-state index contributed by atoms with van der Waals surface area (Å²) in [6.45, 7) is 0. The van der Waals surface area contributed by atoms with Crippen molar-refractivity contribution in [2.75, 3.05) is 0 Å². The second kappa shape index (κ2) is 6.30. The predicted octanol–water partition coefficient (Wildman–Crippen LogP) is 1.03. The highest BCUT2D eigenvalue weighted by Crippen LogP contribution is 2.25. The van der Waals surface area contributed by atoms with Gasteiger partial charge in [-0.1, -0.05) is 12.1 Å². The van der Waals surface area contributed by atoms with Crippen LogP contribution in [0.5, 0.6) is 0 Å². The van der Waals surface area contributed by atoms with Crippen molar-refractivity contribution in [2.45, 2.75) is 0 Å². The number of aliphatic hydroxyl groups is 1. The van der Waals surface area contributed by atoms with Gasteiger partial charge in [0.2, 0.25) is 0 Å². The fourth-order valence-corrected chi connectivity index (χ4v) is 1.33. The summed E-state index contributed by atoms with van der Waals surface area (Å²) in [6, 6.07) is 5.18. The average molecular weight is 279 g/mol. The third kappa shape index (κ3) is 3.39. The number of benzene rings is 1. The first kappa shape index (κ1) is 14.4. The first-order valence-corrected chi connectivity index (χ1v) is 5.16. The van der Waals surface area contributed by atoms with Crippen LogP contribution >= 0.6 is 0 Å². The SMILES string of the molecule is O=C(O)C(C=NO[Si])=C(O)c1ccccc1[N+](=O)[O-]. The molecule has 3 radical (unpaired) electrons. The lowest BCUT2D eigenvalue weighted by Crippen LogP contribution is -2.07. The van der Waals surface area contributed by atoms with E-state index in [1.165, 1.54) is 18.2 Å². The minimum Gasteiger partial charge on any atom is -0.506 e. The largest absolute Gasteiger partial charge is 0.506 e. The number of carboxylic acids is 1. The molecule has 0 amide bonds. The van der Waals surface area contributed by atoms with Gasteiger partial charge in [0.25, 0.3) is 5.69 Å². The Bertz CT molecular complexity index is 569. The minimum atomic E-state index is -1.51. The summed E-state index contributed by atoms with van der Waals surface area (Å²) in [7, 11) is 2.51. The molecule has 1 aromatic carbocycles. The third-order valence-electron chi connectivity index (χ3n) is 2.08. The first-order valence-electron chi connectivity index (χ1n) is 4.75. The van der Waals surface area contributed by atoms with Crippen LogP contribution in [0, 0.1) is 10.1 Å². The Morgan fingerprint density at radius 1 is 1.42 bits per heavy atom. The highest BCUT2D eigenvalue weighted by atomic mass is 28.2. The van der Waals surface area contributed by atoms with Crippen molar-refractivity contribution in [1.82, 2.24) is 0 Å². The second-order valence-corrected chi connectivity index (χ2v) is 3.35. The van der Waals surface area contributed by atoms with E-state index in [0.717, 1.165) is 6.07 Å². The van der Waals surface area contributed by atoms with Gasteiger partial charge in [0.15, 0.2) is 0 Å². The van der Waals surface area contributed by atoms with Gasteiger partial charge in [-0.15, -0.1) is 5.16 Å². The fraction of sp³-hybridized carbons (Fsp3) is 0. The number of nitrogens with zero attached hydrogens (tertiary/aromatic N) is 2. The van der Waals surface area contributed by atoms with Crippen molar-refractivity contribution >= 4 is 34.1 Å². The fourth-order valence-electron chi connectivity index (χ4n) is 1.27. The number of hydrogen-bond acceptors (Lipinski definition) is 6. The van der Waals surface area contributed by atoms with Gasteiger partial charge in [-0.2, -0.15) is 0 Å². The van der Waals surface area contributed by atoms with Crippen LogP contribution in [0.3, 0.4) is 0 Å². The lowest BCUT2D eigenvalue weighted by molar-refractivity contribution is -0.385.